The Labute approximate surface area is 122 Å². The van der Waals surface area contributed by atoms with Crippen LogP contribution in [-0.2, 0) is 9.84 Å². The van der Waals surface area contributed by atoms with Crippen molar-refractivity contribution in [1.82, 2.24) is 9.78 Å². The number of sulfone groups is 1. The Bertz CT molecular complexity index is 781. The van der Waals surface area contributed by atoms with Crippen LogP contribution >= 0.6 is 0 Å². The van der Waals surface area contributed by atoms with Crippen LogP contribution in [0.1, 0.15) is 42.7 Å². The fourth-order valence-electron chi connectivity index (χ4n) is 2.93. The molecular formula is C15H15FN2O2S. The van der Waals surface area contributed by atoms with Crippen LogP contribution in [0.4, 0.5) is 4.39 Å². The zero-order valence-electron chi connectivity index (χ0n) is 11.3. The highest BCUT2D eigenvalue weighted by Crippen LogP contribution is 2.42. The third kappa shape index (κ3) is 2.00. The summed E-state index contributed by atoms with van der Waals surface area (Å²) in [5.41, 5.74) is 1.33. The predicted octanol–water partition coefficient (Wildman–Crippen LogP) is 2.82. The number of hydrogen-bond acceptors (Lipinski definition) is 3. The smallest absolute Gasteiger partial charge is 0.200 e. The minimum absolute atomic E-state index is 0.0308. The van der Waals surface area contributed by atoms with Crippen LogP contribution in [0, 0.1) is 0 Å². The standard InChI is InChI=1S/C15H15FN2O2S/c16-12-8-13(10-4-2-1-3-5-10)18-14(12)9-15(17-18)21(19,20)11-6-7-11/h1-5,9,11-13H,6-8H2. The van der Waals surface area contributed by atoms with Crippen LogP contribution in [0.25, 0.3) is 0 Å². The van der Waals surface area contributed by atoms with E-state index in [0.29, 0.717) is 25.0 Å². The lowest BCUT2D eigenvalue weighted by Crippen LogP contribution is -2.12. The van der Waals surface area contributed by atoms with Crippen LogP contribution in [0.5, 0.6) is 0 Å². The monoisotopic (exact) mass is 306 g/mol. The molecule has 6 heteroatoms. The van der Waals surface area contributed by atoms with Gasteiger partial charge in [-0.05, 0) is 18.4 Å². The van der Waals surface area contributed by atoms with E-state index >= 15 is 0 Å². The molecule has 1 aliphatic carbocycles. The van der Waals surface area contributed by atoms with Crippen molar-refractivity contribution >= 4 is 9.84 Å². The Morgan fingerprint density at radius 3 is 2.57 bits per heavy atom. The van der Waals surface area contributed by atoms with Gasteiger partial charge in [-0.15, -0.1) is 0 Å². The molecule has 0 saturated heterocycles. The van der Waals surface area contributed by atoms with Crippen LogP contribution < -0.4 is 0 Å². The Morgan fingerprint density at radius 2 is 1.90 bits per heavy atom. The van der Waals surface area contributed by atoms with Crippen LogP contribution in [0.15, 0.2) is 41.4 Å². The number of fused-ring (bicyclic) bond motifs is 1. The molecule has 1 saturated carbocycles. The molecule has 21 heavy (non-hydrogen) atoms. The number of benzene rings is 1. The highest BCUT2D eigenvalue weighted by molar-refractivity contribution is 7.92. The first-order valence-corrected chi connectivity index (χ1v) is 8.64. The number of hydrogen-bond donors (Lipinski definition) is 0. The van der Waals surface area contributed by atoms with Crippen LogP contribution in [0.3, 0.4) is 0 Å². The lowest BCUT2D eigenvalue weighted by Gasteiger charge is -2.12. The maximum absolute atomic E-state index is 14.2. The summed E-state index contributed by atoms with van der Waals surface area (Å²) >= 11 is 0. The third-order valence-electron chi connectivity index (χ3n) is 4.23. The molecule has 110 valence electrons. The molecule has 0 bridgehead atoms. The highest BCUT2D eigenvalue weighted by Gasteiger charge is 2.41. The third-order valence-corrected chi connectivity index (χ3v) is 6.36. The van der Waals surface area contributed by atoms with Gasteiger partial charge in [-0.25, -0.2) is 12.8 Å². The largest absolute Gasteiger partial charge is 0.258 e. The van der Waals surface area contributed by atoms with E-state index in [1.165, 1.54) is 6.07 Å². The number of nitrogens with zero attached hydrogens (tertiary/aromatic N) is 2. The molecule has 1 aliphatic heterocycles. The summed E-state index contributed by atoms with van der Waals surface area (Å²) in [5.74, 6) is 0. The number of aromatic nitrogens is 2. The Hall–Kier alpha value is -1.69. The normalized spacial score (nSPS) is 25.0. The molecule has 1 aromatic carbocycles. The van der Waals surface area contributed by atoms with Crippen molar-refractivity contribution in [2.45, 2.75) is 41.8 Å². The summed E-state index contributed by atoms with van der Waals surface area (Å²) in [6.45, 7) is 0. The van der Waals surface area contributed by atoms with E-state index in [9.17, 15) is 12.8 Å². The summed E-state index contributed by atoms with van der Waals surface area (Å²) in [4.78, 5) is 0. The summed E-state index contributed by atoms with van der Waals surface area (Å²) in [7, 11) is -3.37. The minimum Gasteiger partial charge on any atom is -0.258 e. The zero-order valence-corrected chi connectivity index (χ0v) is 12.1. The van der Waals surface area contributed by atoms with E-state index in [2.05, 4.69) is 5.10 Å². The molecule has 2 heterocycles. The van der Waals surface area contributed by atoms with Crippen molar-refractivity contribution < 1.29 is 12.8 Å². The fraction of sp³-hybridized carbons (Fsp3) is 0.400. The fourth-order valence-corrected chi connectivity index (χ4v) is 4.51. The van der Waals surface area contributed by atoms with E-state index in [-0.39, 0.29) is 16.3 Å². The quantitative estimate of drug-likeness (QED) is 0.876. The van der Waals surface area contributed by atoms with Gasteiger partial charge in [0.15, 0.2) is 14.9 Å². The van der Waals surface area contributed by atoms with E-state index in [4.69, 9.17) is 0 Å². The van der Waals surface area contributed by atoms with Crippen molar-refractivity contribution in [3.63, 3.8) is 0 Å². The summed E-state index contributed by atoms with van der Waals surface area (Å²) in [6.07, 6.45) is 0.527. The average Bonchev–Trinajstić information content (AvgIpc) is 3.17. The van der Waals surface area contributed by atoms with Crippen molar-refractivity contribution in [3.05, 3.63) is 47.7 Å². The molecule has 0 N–H and O–H groups in total. The topological polar surface area (TPSA) is 52.0 Å². The van der Waals surface area contributed by atoms with Gasteiger partial charge in [-0.2, -0.15) is 5.10 Å². The second-order valence-electron chi connectivity index (χ2n) is 5.73. The first kappa shape index (κ1) is 13.0. The Kier molecular flexibility index (Phi) is 2.73. The molecular weight excluding hydrogens is 291 g/mol. The van der Waals surface area contributed by atoms with Crippen molar-refractivity contribution in [2.24, 2.45) is 0 Å². The maximum atomic E-state index is 14.2. The highest BCUT2D eigenvalue weighted by atomic mass is 32.2. The van der Waals surface area contributed by atoms with Crippen LogP contribution in [0.2, 0.25) is 0 Å². The van der Waals surface area contributed by atoms with Gasteiger partial charge in [0.1, 0.15) is 6.17 Å². The van der Waals surface area contributed by atoms with Gasteiger partial charge in [-0.3, -0.25) is 4.68 Å². The van der Waals surface area contributed by atoms with E-state index in [1.807, 2.05) is 30.3 Å². The molecule has 4 rings (SSSR count). The Morgan fingerprint density at radius 1 is 1.19 bits per heavy atom. The lowest BCUT2D eigenvalue weighted by atomic mass is 10.0. The Balaban J connectivity index is 1.78. The lowest BCUT2D eigenvalue weighted by molar-refractivity contribution is 0.333. The van der Waals surface area contributed by atoms with Crippen molar-refractivity contribution in [2.75, 3.05) is 0 Å². The first-order chi connectivity index (χ1) is 10.1. The molecule has 1 aromatic heterocycles. The van der Waals surface area contributed by atoms with Gasteiger partial charge in [0.05, 0.1) is 17.0 Å². The van der Waals surface area contributed by atoms with Crippen molar-refractivity contribution in [1.29, 1.82) is 0 Å². The van der Waals surface area contributed by atoms with Gasteiger partial charge in [0.2, 0.25) is 0 Å². The zero-order chi connectivity index (χ0) is 14.6. The SMILES string of the molecule is O=S(=O)(c1cc2n(n1)C(c1ccccc1)CC2F)C1CC1. The molecule has 0 radical (unpaired) electrons. The maximum Gasteiger partial charge on any atom is 0.200 e. The summed E-state index contributed by atoms with van der Waals surface area (Å²) in [5, 5.41) is 3.93. The second kappa shape index (κ2) is 4.40. The molecule has 1 fully saturated rings. The molecule has 0 spiro atoms. The van der Waals surface area contributed by atoms with Crippen LogP contribution in [-0.4, -0.2) is 23.4 Å². The summed E-state index contributed by atoms with van der Waals surface area (Å²) in [6, 6.07) is 10.7. The van der Waals surface area contributed by atoms with Crippen molar-refractivity contribution in [3.8, 4) is 0 Å². The molecule has 2 aromatic rings. The van der Waals surface area contributed by atoms with Gasteiger partial charge in [-0.1, -0.05) is 30.3 Å². The van der Waals surface area contributed by atoms with Gasteiger partial charge < -0.3 is 0 Å². The average molecular weight is 306 g/mol. The molecule has 2 atom stereocenters. The first-order valence-electron chi connectivity index (χ1n) is 7.10. The van der Waals surface area contributed by atoms with E-state index in [1.54, 1.807) is 4.68 Å². The summed E-state index contributed by atoms with van der Waals surface area (Å²) < 4.78 is 40.3. The molecule has 0 amide bonds. The van der Waals surface area contributed by atoms with Gasteiger partial charge in [0.25, 0.3) is 0 Å². The van der Waals surface area contributed by atoms with Gasteiger partial charge in [0, 0.05) is 12.5 Å². The number of halogens is 1. The number of rotatable bonds is 3. The molecule has 2 aliphatic rings. The van der Waals surface area contributed by atoms with Gasteiger partial charge >= 0.3 is 0 Å². The van der Waals surface area contributed by atoms with E-state index < -0.39 is 16.0 Å². The second-order valence-corrected chi connectivity index (χ2v) is 7.90. The molecule has 2 unspecified atom stereocenters. The molecule has 4 nitrogen and oxygen atoms in total. The predicted molar refractivity (Wildman–Crippen MR) is 75.5 cm³/mol. The van der Waals surface area contributed by atoms with E-state index in [0.717, 1.165) is 5.56 Å². The minimum atomic E-state index is -3.37. The number of alkyl halides is 1.